The van der Waals surface area contributed by atoms with Crippen molar-refractivity contribution in [2.24, 2.45) is 0 Å². The second-order valence-corrected chi connectivity index (χ2v) is 29.7. The molecule has 7 heteroatoms. The molecule has 0 aliphatic heterocycles. The molecule has 0 saturated heterocycles. The summed E-state index contributed by atoms with van der Waals surface area (Å²) in [5, 5.41) is 26.5. The van der Waals surface area contributed by atoms with Gasteiger partial charge in [0.25, 0.3) is 0 Å². The molecule has 0 fully saturated rings. The summed E-state index contributed by atoms with van der Waals surface area (Å²) in [7, 11) is -1.78. The van der Waals surface area contributed by atoms with Crippen molar-refractivity contribution in [2.45, 2.75) is 13.3 Å². The van der Waals surface area contributed by atoms with Crippen molar-refractivity contribution in [2.75, 3.05) is 0 Å². The number of hydrogen-bond donors (Lipinski definition) is 1. The molecule has 0 aliphatic carbocycles. The number of aromatic hydroxyl groups is 1. The van der Waals surface area contributed by atoms with E-state index in [9.17, 15) is 5.11 Å². The molecule has 0 radical (unpaired) electrons. The van der Waals surface area contributed by atoms with E-state index in [1.807, 2.05) is 24.3 Å². The quantitative estimate of drug-likeness (QED) is 0.0869. The van der Waals surface area contributed by atoms with Gasteiger partial charge in [-0.3, -0.25) is 4.98 Å². The van der Waals surface area contributed by atoms with Gasteiger partial charge in [0.1, 0.15) is 5.75 Å². The van der Waals surface area contributed by atoms with Gasteiger partial charge >= 0.3 is 0 Å². The standard InChI is InChI=1S/4C18H15P.C13H13NO.Pd/c4*1-4-10-16(11-5-1)19(17-12-6-2-7-13-17)18-14-8-3-9-15-18;1-2-10-5-6-13(15)12(8-10)11-4-3-7-14-9-11;/h4*1-15H;3-9,15H,2H2,1H3;. The number of phenolic OH excluding ortho intramolecular Hbond substituents is 1. The Balaban J connectivity index is 0.000000136. The molecule has 454 valence electrons. The molecule has 13 aromatic carbocycles. The largest absolute Gasteiger partial charge is 0.507 e. The second kappa shape index (κ2) is 37.5. The van der Waals surface area contributed by atoms with Gasteiger partial charge in [-0.25, -0.2) is 0 Å². The van der Waals surface area contributed by atoms with Gasteiger partial charge in [0.2, 0.25) is 0 Å². The predicted octanol–water partition coefficient (Wildman–Crippen LogP) is 16.8. The van der Waals surface area contributed by atoms with Crippen LogP contribution < -0.4 is 63.7 Å². The Bertz CT molecular complexity index is 3390. The fraction of sp³-hybridized carbons (Fsp3) is 0.0235. The van der Waals surface area contributed by atoms with Gasteiger partial charge in [0.05, 0.1) is 0 Å². The van der Waals surface area contributed by atoms with Crippen LogP contribution in [0.3, 0.4) is 0 Å². The Morgan fingerprint density at radius 2 is 0.446 bits per heavy atom. The third kappa shape index (κ3) is 19.8. The van der Waals surface area contributed by atoms with E-state index in [0.29, 0.717) is 5.75 Å². The normalized spacial score (nSPS) is 10.4. The van der Waals surface area contributed by atoms with Crippen LogP contribution in [0, 0.1) is 0 Å². The number of phenols is 1. The average Bonchev–Trinajstić information content (AvgIpc) is 1.30. The monoisotopic (exact) mass is 1350 g/mol. The maximum absolute atomic E-state index is 9.76. The zero-order chi connectivity index (χ0) is 62.3. The second-order valence-electron chi connectivity index (χ2n) is 20.8. The molecule has 1 heterocycles. The molecule has 0 bridgehead atoms. The first-order valence-corrected chi connectivity index (χ1v) is 36.0. The molecule has 0 amide bonds. The Morgan fingerprint density at radius 1 is 0.250 bits per heavy atom. The minimum absolute atomic E-state index is 0. The number of aromatic nitrogens is 1. The summed E-state index contributed by atoms with van der Waals surface area (Å²) in [6.45, 7) is 2.10. The summed E-state index contributed by atoms with van der Waals surface area (Å²) >= 11 is 0. The van der Waals surface area contributed by atoms with Crippen molar-refractivity contribution in [3.8, 4) is 16.9 Å². The zero-order valence-corrected chi connectivity index (χ0v) is 56.5. The first-order valence-electron chi connectivity index (χ1n) is 30.6. The van der Waals surface area contributed by atoms with Crippen molar-refractivity contribution in [1.82, 2.24) is 4.98 Å². The molecule has 0 saturated carbocycles. The Labute approximate surface area is 564 Å². The van der Waals surface area contributed by atoms with Crippen molar-refractivity contribution in [1.29, 1.82) is 0 Å². The van der Waals surface area contributed by atoms with E-state index < -0.39 is 31.7 Å². The van der Waals surface area contributed by atoms with Gasteiger partial charge in [0, 0.05) is 43.9 Å². The van der Waals surface area contributed by atoms with Crippen molar-refractivity contribution < 1.29 is 25.5 Å². The van der Waals surface area contributed by atoms with Gasteiger partial charge in [-0.1, -0.05) is 383 Å². The van der Waals surface area contributed by atoms with Gasteiger partial charge in [0.15, 0.2) is 0 Å². The fourth-order valence-corrected chi connectivity index (χ4v) is 19.5. The number of aryl methyl sites for hydroxylation is 1. The molecule has 14 aromatic rings. The van der Waals surface area contributed by atoms with Gasteiger partial charge < -0.3 is 5.11 Å². The van der Waals surface area contributed by atoms with Crippen LogP contribution in [0.5, 0.6) is 5.75 Å². The van der Waals surface area contributed by atoms with E-state index in [4.69, 9.17) is 0 Å². The first-order chi connectivity index (χ1) is 45.1. The van der Waals surface area contributed by atoms with Crippen LogP contribution in [0.4, 0.5) is 0 Å². The van der Waals surface area contributed by atoms with Crippen LogP contribution in [-0.2, 0) is 26.8 Å². The molecular formula is C85H73NOP4Pd. The molecule has 14 rings (SSSR count). The number of nitrogens with zero attached hydrogens (tertiary/aromatic N) is 1. The van der Waals surface area contributed by atoms with Crippen LogP contribution in [0.1, 0.15) is 12.5 Å². The van der Waals surface area contributed by atoms with E-state index in [1.54, 1.807) is 18.5 Å². The van der Waals surface area contributed by atoms with Crippen LogP contribution in [0.2, 0.25) is 0 Å². The number of pyridine rings is 1. The topological polar surface area (TPSA) is 33.1 Å². The average molecular weight is 1350 g/mol. The van der Waals surface area contributed by atoms with Crippen LogP contribution in [0.15, 0.2) is 407 Å². The summed E-state index contributed by atoms with van der Waals surface area (Å²) in [6.07, 6.45) is 4.45. The van der Waals surface area contributed by atoms with E-state index in [2.05, 4.69) is 376 Å². The first kappa shape index (κ1) is 67.6. The van der Waals surface area contributed by atoms with E-state index in [1.165, 1.54) is 69.2 Å². The summed E-state index contributed by atoms with van der Waals surface area (Å²) in [6, 6.07) is 139. The maximum Gasteiger partial charge on any atom is 0.123 e. The Kier molecular flexibility index (Phi) is 27.6. The number of hydrogen-bond acceptors (Lipinski definition) is 2. The van der Waals surface area contributed by atoms with Crippen LogP contribution in [0.25, 0.3) is 11.1 Å². The van der Waals surface area contributed by atoms with Gasteiger partial charge in [-0.15, -0.1) is 0 Å². The molecule has 1 N–H and O–H groups in total. The molecule has 0 spiro atoms. The Morgan fingerprint density at radius 3 is 0.609 bits per heavy atom. The molecule has 2 nitrogen and oxygen atoms in total. The third-order valence-corrected chi connectivity index (χ3v) is 24.4. The molecule has 92 heavy (non-hydrogen) atoms. The minimum atomic E-state index is -0.446. The van der Waals surface area contributed by atoms with Crippen molar-refractivity contribution in [3.05, 3.63) is 412 Å². The summed E-state index contributed by atoms with van der Waals surface area (Å²) in [5.74, 6) is 0.306. The van der Waals surface area contributed by atoms with Crippen LogP contribution in [-0.4, -0.2) is 10.1 Å². The van der Waals surface area contributed by atoms with Crippen LogP contribution >= 0.6 is 31.7 Å². The fourth-order valence-electron chi connectivity index (χ4n) is 10.3. The SMILES string of the molecule is CCc1ccc(O)c(-c2cccnc2)c1.[Pd].c1ccc(P(c2ccccc2)c2ccccc2)cc1.c1ccc(P(c2ccccc2)c2ccccc2)cc1.c1ccc(P(c2ccccc2)c2ccccc2)cc1.c1ccc(P(c2ccccc2)c2ccccc2)cc1. The molecule has 1 aromatic heterocycles. The number of benzene rings is 13. The summed E-state index contributed by atoms with van der Waals surface area (Å²) in [5.41, 5.74) is 3.01. The third-order valence-electron chi connectivity index (χ3n) is 14.6. The molecule has 0 aliphatic rings. The smallest absolute Gasteiger partial charge is 0.123 e. The van der Waals surface area contributed by atoms with Gasteiger partial charge in [-0.2, -0.15) is 0 Å². The molecular weight excluding hydrogens is 1280 g/mol. The zero-order valence-electron chi connectivity index (χ0n) is 51.4. The van der Waals surface area contributed by atoms with Crippen molar-refractivity contribution >= 4 is 95.3 Å². The van der Waals surface area contributed by atoms with E-state index >= 15 is 0 Å². The van der Waals surface area contributed by atoms with Crippen molar-refractivity contribution in [3.63, 3.8) is 0 Å². The predicted molar refractivity (Wildman–Crippen MR) is 401 cm³/mol. The minimum Gasteiger partial charge on any atom is -0.507 e. The summed E-state index contributed by atoms with van der Waals surface area (Å²) < 4.78 is 0. The number of rotatable bonds is 14. The summed E-state index contributed by atoms with van der Waals surface area (Å²) in [4.78, 5) is 4.05. The van der Waals surface area contributed by atoms with E-state index in [0.717, 1.165) is 17.5 Å². The molecule has 0 unspecified atom stereocenters. The van der Waals surface area contributed by atoms with E-state index in [-0.39, 0.29) is 20.4 Å². The Hall–Kier alpha value is -8.81. The maximum atomic E-state index is 9.76. The van der Waals surface area contributed by atoms with Gasteiger partial charge in [-0.05, 0) is 126 Å². The molecule has 0 atom stereocenters.